The Morgan fingerprint density at radius 3 is 2.45 bits per heavy atom. The molecular weight excluding hydrogens is 390 g/mol. The number of aromatic nitrogens is 2. The van der Waals surface area contributed by atoms with Crippen molar-refractivity contribution in [2.45, 2.75) is 31.4 Å². The highest BCUT2D eigenvalue weighted by atomic mass is 32.2. The van der Waals surface area contributed by atoms with Crippen LogP contribution in [-0.4, -0.2) is 42.8 Å². The lowest BCUT2D eigenvalue weighted by atomic mass is 10.2. The van der Waals surface area contributed by atoms with Crippen molar-refractivity contribution < 1.29 is 18.3 Å². The van der Waals surface area contributed by atoms with Gasteiger partial charge in [0.1, 0.15) is 11.6 Å². The molecule has 1 N–H and O–H groups in total. The minimum Gasteiger partial charge on any atom is -0.495 e. The molecule has 29 heavy (non-hydrogen) atoms. The Morgan fingerprint density at radius 2 is 1.83 bits per heavy atom. The topological polar surface area (TPSA) is 84.7 Å². The van der Waals surface area contributed by atoms with Crippen LogP contribution < -0.4 is 9.04 Å². The number of hydrogen-bond donors (Lipinski definition) is 1. The zero-order valence-electron chi connectivity index (χ0n) is 16.7. The second-order valence-electron chi connectivity index (χ2n) is 6.80. The third-order valence-electron chi connectivity index (χ3n) is 4.67. The summed E-state index contributed by atoms with van der Waals surface area (Å²) in [7, 11) is -2.43. The van der Waals surface area contributed by atoms with Crippen LogP contribution in [0.5, 0.6) is 5.75 Å². The quantitative estimate of drug-likeness (QED) is 0.612. The highest BCUT2D eigenvalue weighted by Gasteiger charge is 2.29. The predicted molar refractivity (Wildman–Crippen MR) is 112 cm³/mol. The van der Waals surface area contributed by atoms with Crippen LogP contribution in [0.3, 0.4) is 0 Å². The van der Waals surface area contributed by atoms with E-state index in [2.05, 4.69) is 4.98 Å². The molecule has 3 aromatic rings. The zero-order valence-corrected chi connectivity index (χ0v) is 17.5. The third kappa shape index (κ3) is 4.60. The van der Waals surface area contributed by atoms with Crippen molar-refractivity contribution in [3.63, 3.8) is 0 Å². The van der Waals surface area contributed by atoms with E-state index in [1.54, 1.807) is 65.5 Å². The molecule has 1 atom stereocenters. The number of methoxy groups -OCH3 is 1. The molecule has 1 heterocycles. The molecule has 0 spiro atoms. The number of aliphatic hydroxyl groups excluding tert-OH is 1. The fourth-order valence-corrected chi connectivity index (χ4v) is 4.58. The number of sulfonamides is 1. The Balaban J connectivity index is 1.99. The first-order valence-corrected chi connectivity index (χ1v) is 10.6. The lowest BCUT2D eigenvalue weighted by Gasteiger charge is -2.28. The number of rotatable bonds is 8. The third-order valence-corrected chi connectivity index (χ3v) is 6.46. The van der Waals surface area contributed by atoms with Gasteiger partial charge in [-0.1, -0.05) is 29.8 Å². The van der Waals surface area contributed by atoms with Gasteiger partial charge in [-0.25, -0.2) is 13.4 Å². The summed E-state index contributed by atoms with van der Waals surface area (Å²) in [6, 6.07) is 13.5. The number of para-hydroxylation sites is 2. The summed E-state index contributed by atoms with van der Waals surface area (Å²) >= 11 is 0. The van der Waals surface area contributed by atoms with E-state index in [4.69, 9.17) is 4.74 Å². The van der Waals surface area contributed by atoms with Gasteiger partial charge in [0.2, 0.25) is 0 Å². The van der Waals surface area contributed by atoms with Gasteiger partial charge in [-0.3, -0.25) is 4.31 Å². The first-order valence-electron chi connectivity index (χ1n) is 9.21. The van der Waals surface area contributed by atoms with Crippen molar-refractivity contribution in [1.29, 1.82) is 0 Å². The van der Waals surface area contributed by atoms with Gasteiger partial charge in [0.05, 0.1) is 36.9 Å². The molecule has 0 radical (unpaired) electrons. The lowest BCUT2D eigenvalue weighted by Crippen LogP contribution is -2.39. The minimum absolute atomic E-state index is 0.131. The van der Waals surface area contributed by atoms with E-state index in [1.165, 1.54) is 11.4 Å². The Morgan fingerprint density at radius 1 is 1.14 bits per heavy atom. The molecule has 154 valence electrons. The molecule has 0 aliphatic carbocycles. The summed E-state index contributed by atoms with van der Waals surface area (Å²) in [4.78, 5) is 4.29. The van der Waals surface area contributed by atoms with Crippen molar-refractivity contribution in [1.82, 2.24) is 9.55 Å². The number of ether oxygens (including phenoxy) is 1. The standard InChI is InChI=1S/C21H25N3O4S/c1-16-8-10-19(11-9-16)29(26,27)24(20-6-4-5-7-21(20)28-3)15-18(25)14-23-13-12-22-17(23)2/h4-13,18,25H,14-15H2,1-3H3/t18-/m1/s1. The van der Waals surface area contributed by atoms with Crippen LogP contribution >= 0.6 is 0 Å². The average Bonchev–Trinajstić information content (AvgIpc) is 3.10. The summed E-state index contributed by atoms with van der Waals surface area (Å²) in [5, 5.41) is 10.7. The van der Waals surface area contributed by atoms with Crippen molar-refractivity contribution in [2.75, 3.05) is 18.0 Å². The molecule has 0 aliphatic heterocycles. The number of nitrogens with zero attached hydrogens (tertiary/aromatic N) is 3. The number of imidazole rings is 1. The molecule has 0 aliphatic rings. The molecule has 0 saturated carbocycles. The van der Waals surface area contributed by atoms with Crippen LogP contribution in [0.1, 0.15) is 11.4 Å². The highest BCUT2D eigenvalue weighted by Crippen LogP contribution is 2.32. The van der Waals surface area contributed by atoms with Gasteiger partial charge >= 0.3 is 0 Å². The zero-order chi connectivity index (χ0) is 21.0. The Kier molecular flexibility index (Phi) is 6.24. The van der Waals surface area contributed by atoms with Crippen LogP contribution in [-0.2, 0) is 16.6 Å². The first-order chi connectivity index (χ1) is 13.8. The largest absolute Gasteiger partial charge is 0.495 e. The molecule has 7 nitrogen and oxygen atoms in total. The molecule has 3 rings (SSSR count). The van der Waals surface area contributed by atoms with E-state index in [-0.39, 0.29) is 18.0 Å². The van der Waals surface area contributed by atoms with Gasteiger partial charge in [-0.15, -0.1) is 0 Å². The molecule has 0 fully saturated rings. The molecule has 1 aromatic heterocycles. The number of benzene rings is 2. The summed E-state index contributed by atoms with van der Waals surface area (Å²) < 4.78 is 35.3. The van der Waals surface area contributed by atoms with E-state index in [9.17, 15) is 13.5 Å². The number of aryl methyl sites for hydroxylation is 2. The summed E-state index contributed by atoms with van der Waals surface area (Å²) in [6.45, 7) is 3.81. The molecule has 0 saturated heterocycles. The second-order valence-corrected chi connectivity index (χ2v) is 8.66. The summed E-state index contributed by atoms with van der Waals surface area (Å²) in [6.07, 6.45) is 2.44. The molecule has 0 bridgehead atoms. The summed E-state index contributed by atoms with van der Waals surface area (Å²) in [5.41, 5.74) is 1.33. The van der Waals surface area contributed by atoms with Crippen molar-refractivity contribution >= 4 is 15.7 Å². The fraction of sp³-hybridized carbons (Fsp3) is 0.286. The smallest absolute Gasteiger partial charge is 0.264 e. The Bertz CT molecular complexity index is 1060. The number of aliphatic hydroxyl groups is 1. The average molecular weight is 416 g/mol. The van der Waals surface area contributed by atoms with Crippen molar-refractivity contribution in [2.24, 2.45) is 0 Å². The molecule has 0 amide bonds. The SMILES string of the molecule is COc1ccccc1N(C[C@H](O)Cn1ccnc1C)S(=O)(=O)c1ccc(C)cc1. The molecule has 2 aromatic carbocycles. The molecule has 0 unspecified atom stereocenters. The maximum absolute atomic E-state index is 13.5. The Hall–Kier alpha value is -2.84. The van der Waals surface area contributed by atoms with Gasteiger partial charge < -0.3 is 14.4 Å². The van der Waals surface area contributed by atoms with Crippen LogP contribution in [0.25, 0.3) is 0 Å². The molecule has 8 heteroatoms. The lowest BCUT2D eigenvalue weighted by molar-refractivity contribution is 0.162. The number of anilines is 1. The van der Waals surface area contributed by atoms with Crippen LogP contribution in [0, 0.1) is 13.8 Å². The van der Waals surface area contributed by atoms with Gasteiger partial charge in [0.25, 0.3) is 10.0 Å². The van der Waals surface area contributed by atoms with E-state index in [0.29, 0.717) is 11.4 Å². The minimum atomic E-state index is -3.92. The highest BCUT2D eigenvalue weighted by molar-refractivity contribution is 7.92. The van der Waals surface area contributed by atoms with E-state index < -0.39 is 16.1 Å². The maximum Gasteiger partial charge on any atom is 0.264 e. The van der Waals surface area contributed by atoms with Gasteiger partial charge in [-0.05, 0) is 38.1 Å². The Labute approximate surface area is 171 Å². The van der Waals surface area contributed by atoms with Crippen molar-refractivity contribution in [3.8, 4) is 5.75 Å². The molecular formula is C21H25N3O4S. The second kappa shape index (κ2) is 8.67. The van der Waals surface area contributed by atoms with Crippen LogP contribution in [0.15, 0.2) is 65.8 Å². The van der Waals surface area contributed by atoms with Gasteiger partial charge in [-0.2, -0.15) is 0 Å². The van der Waals surface area contributed by atoms with E-state index in [0.717, 1.165) is 11.4 Å². The van der Waals surface area contributed by atoms with E-state index >= 15 is 0 Å². The predicted octanol–water partition coefficient (Wildman–Crippen LogP) is 2.76. The van der Waals surface area contributed by atoms with E-state index in [1.807, 2.05) is 13.8 Å². The van der Waals surface area contributed by atoms with Gasteiger partial charge in [0.15, 0.2) is 0 Å². The summed E-state index contributed by atoms with van der Waals surface area (Å²) in [5.74, 6) is 1.16. The normalized spacial score (nSPS) is 12.6. The van der Waals surface area contributed by atoms with Crippen LogP contribution in [0.4, 0.5) is 5.69 Å². The van der Waals surface area contributed by atoms with Gasteiger partial charge in [0, 0.05) is 12.4 Å². The first kappa shape index (κ1) is 20.9. The fourth-order valence-electron chi connectivity index (χ4n) is 3.07. The monoisotopic (exact) mass is 415 g/mol. The van der Waals surface area contributed by atoms with Crippen LogP contribution in [0.2, 0.25) is 0 Å². The number of hydrogen-bond acceptors (Lipinski definition) is 5. The maximum atomic E-state index is 13.5. The van der Waals surface area contributed by atoms with Crippen molar-refractivity contribution in [3.05, 3.63) is 72.3 Å².